The van der Waals surface area contributed by atoms with E-state index < -0.39 is 5.97 Å². The van der Waals surface area contributed by atoms with Gasteiger partial charge in [0.2, 0.25) is 5.91 Å². The van der Waals surface area contributed by atoms with Gasteiger partial charge in [0.25, 0.3) is 0 Å². The fourth-order valence-electron chi connectivity index (χ4n) is 1.40. The molecule has 1 aromatic heterocycles. The molecule has 0 fully saturated rings. The first-order valence-electron chi connectivity index (χ1n) is 5.63. The molecular formula is C12H17N3O3. The number of carbonyl (C=O) groups excluding carboxylic acids is 1. The molecule has 1 aromatic rings. The minimum atomic E-state index is -0.859. The average Bonchev–Trinajstić information content (AvgIpc) is 2.69. The zero-order chi connectivity index (χ0) is 13.5. The van der Waals surface area contributed by atoms with Crippen molar-refractivity contribution in [3.63, 3.8) is 0 Å². The zero-order valence-corrected chi connectivity index (χ0v) is 10.5. The van der Waals surface area contributed by atoms with E-state index in [9.17, 15) is 9.59 Å². The minimum absolute atomic E-state index is 0.0482. The van der Waals surface area contributed by atoms with Crippen LogP contribution >= 0.6 is 0 Å². The van der Waals surface area contributed by atoms with Gasteiger partial charge in [0.1, 0.15) is 0 Å². The van der Waals surface area contributed by atoms with Gasteiger partial charge in [-0.05, 0) is 12.0 Å². The number of aromatic nitrogens is 2. The molecule has 1 atom stereocenters. The van der Waals surface area contributed by atoms with Crippen LogP contribution in [0.1, 0.15) is 18.9 Å². The molecule has 0 saturated carbocycles. The Hall–Kier alpha value is -2.11. The van der Waals surface area contributed by atoms with Crippen molar-refractivity contribution in [2.24, 2.45) is 13.0 Å². The van der Waals surface area contributed by atoms with Gasteiger partial charge in [-0.15, -0.1) is 0 Å². The summed E-state index contributed by atoms with van der Waals surface area (Å²) in [6.45, 7) is 2.13. The number of carbonyl (C=O) groups is 2. The van der Waals surface area contributed by atoms with Gasteiger partial charge in [-0.3, -0.25) is 14.3 Å². The van der Waals surface area contributed by atoms with Crippen molar-refractivity contribution in [1.29, 1.82) is 0 Å². The summed E-state index contributed by atoms with van der Waals surface area (Å²) in [7, 11) is 1.80. The summed E-state index contributed by atoms with van der Waals surface area (Å²) in [4.78, 5) is 21.9. The summed E-state index contributed by atoms with van der Waals surface area (Å²) in [5.74, 6) is -1.18. The van der Waals surface area contributed by atoms with Gasteiger partial charge in [-0.1, -0.05) is 6.92 Å². The van der Waals surface area contributed by atoms with Crippen molar-refractivity contribution in [3.05, 3.63) is 24.0 Å². The van der Waals surface area contributed by atoms with E-state index in [0.29, 0.717) is 6.54 Å². The second kappa shape index (κ2) is 6.58. The Morgan fingerprint density at radius 1 is 1.61 bits per heavy atom. The molecule has 0 aliphatic rings. The molecule has 0 aliphatic heterocycles. The fourth-order valence-corrected chi connectivity index (χ4v) is 1.40. The Bertz CT molecular complexity index is 451. The van der Waals surface area contributed by atoms with Gasteiger partial charge in [0.05, 0.1) is 6.20 Å². The van der Waals surface area contributed by atoms with Crippen molar-refractivity contribution >= 4 is 18.0 Å². The maximum atomic E-state index is 11.4. The van der Waals surface area contributed by atoms with Gasteiger partial charge in [-0.25, -0.2) is 0 Å². The minimum Gasteiger partial charge on any atom is -0.481 e. The van der Waals surface area contributed by atoms with Crippen molar-refractivity contribution in [2.45, 2.75) is 13.3 Å². The molecule has 1 amide bonds. The van der Waals surface area contributed by atoms with Crippen molar-refractivity contribution < 1.29 is 14.7 Å². The molecule has 98 valence electrons. The van der Waals surface area contributed by atoms with Crippen LogP contribution in [-0.2, 0) is 16.6 Å². The van der Waals surface area contributed by atoms with Gasteiger partial charge >= 0.3 is 5.97 Å². The summed E-state index contributed by atoms with van der Waals surface area (Å²) in [5, 5.41) is 15.2. The summed E-state index contributed by atoms with van der Waals surface area (Å²) in [6, 6.07) is 0. The molecular weight excluding hydrogens is 234 g/mol. The van der Waals surface area contributed by atoms with Gasteiger partial charge in [0, 0.05) is 37.8 Å². The van der Waals surface area contributed by atoms with E-state index in [1.165, 1.54) is 6.08 Å². The van der Waals surface area contributed by atoms with Gasteiger partial charge in [-0.2, -0.15) is 5.10 Å². The number of aliphatic carboxylic acids is 1. The number of hydrogen-bond acceptors (Lipinski definition) is 3. The van der Waals surface area contributed by atoms with Crippen LogP contribution in [0, 0.1) is 5.92 Å². The molecule has 1 heterocycles. The molecule has 6 heteroatoms. The lowest BCUT2D eigenvalue weighted by Crippen LogP contribution is -2.27. The first-order valence-corrected chi connectivity index (χ1v) is 5.63. The standard InChI is InChI=1S/C12H17N3O3/c1-9(5-12(17)18)6-13-11(16)4-3-10-7-14-15(2)8-10/h3-4,7-9H,5-6H2,1-2H3,(H,13,16)(H,17,18)/b4-3+. The highest BCUT2D eigenvalue weighted by molar-refractivity contribution is 5.91. The SMILES string of the molecule is CC(CNC(=O)/C=C/c1cnn(C)c1)CC(=O)O. The van der Waals surface area contributed by atoms with Crippen molar-refractivity contribution in [1.82, 2.24) is 15.1 Å². The van der Waals surface area contributed by atoms with Crippen LogP contribution in [-0.4, -0.2) is 33.3 Å². The quantitative estimate of drug-likeness (QED) is 0.727. The molecule has 2 N–H and O–H groups in total. The lowest BCUT2D eigenvalue weighted by Gasteiger charge is -2.08. The number of aryl methyl sites for hydroxylation is 1. The van der Waals surface area contributed by atoms with E-state index in [0.717, 1.165) is 5.56 Å². The maximum absolute atomic E-state index is 11.4. The summed E-state index contributed by atoms with van der Waals surface area (Å²) in [6.07, 6.45) is 6.55. The monoisotopic (exact) mass is 251 g/mol. The summed E-state index contributed by atoms with van der Waals surface area (Å²) in [5.41, 5.74) is 0.839. The molecule has 18 heavy (non-hydrogen) atoms. The molecule has 0 aromatic carbocycles. The van der Waals surface area contributed by atoms with Crippen LogP contribution in [0.3, 0.4) is 0 Å². The number of rotatable bonds is 6. The molecule has 0 aliphatic carbocycles. The summed E-state index contributed by atoms with van der Waals surface area (Å²) < 4.78 is 1.65. The van der Waals surface area contributed by atoms with E-state index >= 15 is 0 Å². The fraction of sp³-hybridized carbons (Fsp3) is 0.417. The average molecular weight is 251 g/mol. The Kier molecular flexibility index (Phi) is 5.10. The van der Waals surface area contributed by atoms with Crippen LogP contribution < -0.4 is 5.32 Å². The third-order valence-electron chi connectivity index (χ3n) is 2.30. The number of nitrogens with zero attached hydrogens (tertiary/aromatic N) is 2. The molecule has 0 radical (unpaired) electrons. The van der Waals surface area contributed by atoms with Crippen LogP contribution in [0.5, 0.6) is 0 Å². The third-order valence-corrected chi connectivity index (χ3v) is 2.30. The first kappa shape index (κ1) is 14.0. The second-order valence-electron chi connectivity index (χ2n) is 4.23. The van der Waals surface area contributed by atoms with Crippen LogP contribution in [0.15, 0.2) is 18.5 Å². The molecule has 1 rings (SSSR count). The lowest BCUT2D eigenvalue weighted by molar-refractivity contribution is -0.138. The van der Waals surface area contributed by atoms with Crippen LogP contribution in [0.2, 0.25) is 0 Å². The normalized spacial score (nSPS) is 12.6. The molecule has 6 nitrogen and oxygen atoms in total. The maximum Gasteiger partial charge on any atom is 0.303 e. The number of amides is 1. The van der Waals surface area contributed by atoms with Gasteiger partial charge in [0.15, 0.2) is 0 Å². The number of carboxylic acids is 1. The Morgan fingerprint density at radius 2 is 2.33 bits per heavy atom. The highest BCUT2D eigenvalue weighted by Gasteiger charge is 2.07. The molecule has 0 saturated heterocycles. The zero-order valence-electron chi connectivity index (χ0n) is 10.5. The Balaban J connectivity index is 2.33. The highest BCUT2D eigenvalue weighted by Crippen LogP contribution is 2.00. The van der Waals surface area contributed by atoms with Crippen molar-refractivity contribution in [2.75, 3.05) is 6.54 Å². The Labute approximate surface area is 105 Å². The predicted molar refractivity (Wildman–Crippen MR) is 66.7 cm³/mol. The van der Waals surface area contributed by atoms with E-state index in [1.807, 2.05) is 0 Å². The third kappa shape index (κ3) is 5.29. The smallest absolute Gasteiger partial charge is 0.303 e. The first-order chi connectivity index (χ1) is 8.47. The molecule has 1 unspecified atom stereocenters. The molecule has 0 spiro atoms. The van der Waals surface area contributed by atoms with E-state index in [2.05, 4.69) is 10.4 Å². The lowest BCUT2D eigenvalue weighted by atomic mass is 10.1. The van der Waals surface area contributed by atoms with Gasteiger partial charge < -0.3 is 10.4 Å². The van der Waals surface area contributed by atoms with E-state index in [-0.39, 0.29) is 18.2 Å². The van der Waals surface area contributed by atoms with E-state index in [4.69, 9.17) is 5.11 Å². The van der Waals surface area contributed by atoms with E-state index in [1.54, 1.807) is 37.1 Å². The summed E-state index contributed by atoms with van der Waals surface area (Å²) >= 11 is 0. The second-order valence-corrected chi connectivity index (χ2v) is 4.23. The number of nitrogens with one attached hydrogen (secondary N) is 1. The van der Waals surface area contributed by atoms with Crippen LogP contribution in [0.4, 0.5) is 0 Å². The number of carboxylic acid groups (broad SMARTS) is 1. The van der Waals surface area contributed by atoms with Crippen LogP contribution in [0.25, 0.3) is 6.08 Å². The predicted octanol–water partition coefficient (Wildman–Crippen LogP) is 0.660. The molecule has 0 bridgehead atoms. The topological polar surface area (TPSA) is 84.2 Å². The Morgan fingerprint density at radius 3 is 2.89 bits per heavy atom. The number of hydrogen-bond donors (Lipinski definition) is 2. The van der Waals surface area contributed by atoms with Crippen molar-refractivity contribution in [3.8, 4) is 0 Å². The highest BCUT2D eigenvalue weighted by atomic mass is 16.4. The largest absolute Gasteiger partial charge is 0.481 e.